The fourth-order valence-electron chi connectivity index (χ4n) is 2.20. The van der Waals surface area contributed by atoms with Gasteiger partial charge < -0.3 is 14.6 Å². The highest BCUT2D eigenvalue weighted by molar-refractivity contribution is 5.91. The highest BCUT2D eigenvalue weighted by Crippen LogP contribution is 2.18. The maximum absolute atomic E-state index is 12.0. The molecule has 0 aliphatic heterocycles. The first-order chi connectivity index (χ1) is 11.2. The number of nitrogens with zero attached hydrogens (tertiary/aromatic N) is 3. The van der Waals surface area contributed by atoms with Crippen molar-refractivity contribution in [3.63, 3.8) is 0 Å². The molecule has 0 spiro atoms. The van der Waals surface area contributed by atoms with Crippen molar-refractivity contribution in [3.05, 3.63) is 54.0 Å². The molecule has 1 amide bonds. The fourth-order valence-corrected chi connectivity index (χ4v) is 2.20. The molecule has 118 valence electrons. The van der Waals surface area contributed by atoms with Crippen LogP contribution in [0.15, 0.2) is 47.2 Å². The van der Waals surface area contributed by atoms with E-state index in [1.54, 1.807) is 17.9 Å². The van der Waals surface area contributed by atoms with Crippen molar-refractivity contribution in [3.8, 4) is 11.4 Å². The molecular formula is C16H16N4O3. The van der Waals surface area contributed by atoms with Crippen molar-refractivity contribution in [1.29, 1.82) is 0 Å². The maximum Gasteiger partial charge on any atom is 0.231 e. The molecule has 1 aromatic carbocycles. The molecule has 0 radical (unpaired) electrons. The molecule has 0 aliphatic rings. The number of rotatable bonds is 5. The van der Waals surface area contributed by atoms with Crippen molar-refractivity contribution in [2.24, 2.45) is 0 Å². The number of ether oxygens (including phenoxy) is 1. The Balaban J connectivity index is 1.73. The Labute approximate surface area is 132 Å². The van der Waals surface area contributed by atoms with Gasteiger partial charge in [0.05, 0.1) is 24.9 Å². The van der Waals surface area contributed by atoms with E-state index in [1.165, 1.54) is 6.26 Å². The number of hydrogen-bond acceptors (Lipinski definition) is 5. The number of nitrogens with one attached hydrogen (secondary N) is 1. The number of carbonyl (C=O) groups excluding carboxylic acids is 1. The standard InChI is InChI=1S/C16H16N4O3/c1-11-9-15(17-16(21)10-12-7-8-23-19-12)18-20(11)13-3-5-14(22-2)6-4-13/h3-9H,10H2,1-2H3,(H,17,18,21). The van der Waals surface area contributed by atoms with Crippen molar-refractivity contribution in [1.82, 2.24) is 14.9 Å². The second-order valence-electron chi connectivity index (χ2n) is 5.00. The molecule has 0 aliphatic carbocycles. The SMILES string of the molecule is COc1ccc(-n2nc(NC(=O)Cc3ccon3)cc2C)cc1. The first-order valence-corrected chi connectivity index (χ1v) is 7.06. The summed E-state index contributed by atoms with van der Waals surface area (Å²) in [6.07, 6.45) is 1.58. The minimum Gasteiger partial charge on any atom is -0.497 e. The van der Waals surface area contributed by atoms with E-state index in [9.17, 15) is 4.79 Å². The van der Waals surface area contributed by atoms with Crippen molar-refractivity contribution in [2.45, 2.75) is 13.3 Å². The van der Waals surface area contributed by atoms with Gasteiger partial charge in [0.25, 0.3) is 0 Å². The van der Waals surface area contributed by atoms with Crippen LogP contribution in [0.2, 0.25) is 0 Å². The van der Waals surface area contributed by atoms with Crippen LogP contribution < -0.4 is 10.1 Å². The van der Waals surface area contributed by atoms with Gasteiger partial charge in [-0.15, -0.1) is 5.10 Å². The number of methoxy groups -OCH3 is 1. The third-order valence-electron chi connectivity index (χ3n) is 3.30. The van der Waals surface area contributed by atoms with Crippen LogP contribution in [-0.2, 0) is 11.2 Å². The molecule has 3 rings (SSSR count). The predicted molar refractivity (Wildman–Crippen MR) is 83.7 cm³/mol. The van der Waals surface area contributed by atoms with Crippen LogP contribution in [0.25, 0.3) is 5.69 Å². The topological polar surface area (TPSA) is 82.2 Å². The molecule has 1 N–H and O–H groups in total. The normalized spacial score (nSPS) is 10.5. The van der Waals surface area contributed by atoms with Crippen molar-refractivity contribution >= 4 is 11.7 Å². The van der Waals surface area contributed by atoms with Crippen LogP contribution >= 0.6 is 0 Å². The molecular weight excluding hydrogens is 296 g/mol. The van der Waals surface area contributed by atoms with Gasteiger partial charge in [-0.05, 0) is 31.2 Å². The molecule has 3 aromatic rings. The van der Waals surface area contributed by atoms with E-state index in [0.717, 1.165) is 17.1 Å². The van der Waals surface area contributed by atoms with Crippen LogP contribution in [-0.4, -0.2) is 28.0 Å². The minimum atomic E-state index is -0.196. The van der Waals surface area contributed by atoms with Gasteiger partial charge in [0.1, 0.15) is 12.0 Å². The number of benzene rings is 1. The molecule has 0 unspecified atom stereocenters. The van der Waals surface area contributed by atoms with E-state index in [4.69, 9.17) is 9.26 Å². The molecule has 0 saturated heterocycles. The zero-order valence-corrected chi connectivity index (χ0v) is 12.8. The Morgan fingerprint density at radius 2 is 2.09 bits per heavy atom. The Morgan fingerprint density at radius 1 is 1.30 bits per heavy atom. The van der Waals surface area contributed by atoms with Gasteiger partial charge in [-0.2, -0.15) is 0 Å². The Bertz CT molecular complexity index is 791. The lowest BCUT2D eigenvalue weighted by atomic mass is 10.3. The van der Waals surface area contributed by atoms with Crippen molar-refractivity contribution in [2.75, 3.05) is 12.4 Å². The fraction of sp³-hybridized carbons (Fsp3) is 0.188. The predicted octanol–water partition coefficient (Wildman–Crippen LogP) is 2.36. The largest absolute Gasteiger partial charge is 0.497 e. The lowest BCUT2D eigenvalue weighted by molar-refractivity contribution is -0.115. The van der Waals surface area contributed by atoms with Gasteiger partial charge in [-0.3, -0.25) is 4.79 Å². The number of carbonyl (C=O) groups is 1. The zero-order chi connectivity index (χ0) is 16.2. The summed E-state index contributed by atoms with van der Waals surface area (Å²) < 4.78 is 11.6. The van der Waals surface area contributed by atoms with E-state index in [2.05, 4.69) is 15.6 Å². The molecule has 0 saturated carbocycles. The third-order valence-corrected chi connectivity index (χ3v) is 3.30. The number of hydrogen-bond donors (Lipinski definition) is 1. The summed E-state index contributed by atoms with van der Waals surface area (Å²) in [4.78, 5) is 12.0. The Hall–Kier alpha value is -3.09. The number of anilines is 1. The highest BCUT2D eigenvalue weighted by atomic mass is 16.5. The van der Waals surface area contributed by atoms with Gasteiger partial charge in [0, 0.05) is 17.8 Å². The van der Waals surface area contributed by atoms with Crippen LogP contribution in [0, 0.1) is 6.92 Å². The first-order valence-electron chi connectivity index (χ1n) is 7.06. The van der Waals surface area contributed by atoms with E-state index in [0.29, 0.717) is 11.5 Å². The molecule has 0 fully saturated rings. The lowest BCUT2D eigenvalue weighted by Gasteiger charge is -2.05. The average Bonchev–Trinajstić information content (AvgIpc) is 3.17. The molecule has 2 aromatic heterocycles. The molecule has 0 atom stereocenters. The smallest absolute Gasteiger partial charge is 0.231 e. The third kappa shape index (κ3) is 3.39. The molecule has 2 heterocycles. The number of aromatic nitrogens is 3. The van der Waals surface area contributed by atoms with Gasteiger partial charge in [-0.25, -0.2) is 4.68 Å². The summed E-state index contributed by atoms with van der Waals surface area (Å²) in [5, 5.41) is 10.9. The van der Waals surface area contributed by atoms with Crippen LogP contribution in [0.4, 0.5) is 5.82 Å². The second-order valence-corrected chi connectivity index (χ2v) is 5.00. The average molecular weight is 312 g/mol. The summed E-state index contributed by atoms with van der Waals surface area (Å²) in [6.45, 7) is 1.92. The summed E-state index contributed by atoms with van der Waals surface area (Å²) in [7, 11) is 1.62. The van der Waals surface area contributed by atoms with Gasteiger partial charge in [-0.1, -0.05) is 5.16 Å². The number of amides is 1. The quantitative estimate of drug-likeness (QED) is 0.782. The van der Waals surface area contributed by atoms with E-state index in [-0.39, 0.29) is 12.3 Å². The van der Waals surface area contributed by atoms with Crippen LogP contribution in [0.1, 0.15) is 11.4 Å². The highest BCUT2D eigenvalue weighted by Gasteiger charge is 2.11. The lowest BCUT2D eigenvalue weighted by Crippen LogP contribution is -2.15. The van der Waals surface area contributed by atoms with E-state index >= 15 is 0 Å². The molecule has 7 heteroatoms. The monoisotopic (exact) mass is 312 g/mol. The molecule has 23 heavy (non-hydrogen) atoms. The second kappa shape index (κ2) is 6.35. The van der Waals surface area contributed by atoms with Gasteiger partial charge >= 0.3 is 0 Å². The van der Waals surface area contributed by atoms with Gasteiger partial charge in [0.15, 0.2) is 5.82 Å². The zero-order valence-electron chi connectivity index (χ0n) is 12.8. The Kier molecular flexibility index (Phi) is 4.09. The van der Waals surface area contributed by atoms with E-state index in [1.807, 2.05) is 37.3 Å². The minimum absolute atomic E-state index is 0.144. The Morgan fingerprint density at radius 3 is 2.74 bits per heavy atom. The molecule has 7 nitrogen and oxygen atoms in total. The summed E-state index contributed by atoms with van der Waals surface area (Å²) in [5.41, 5.74) is 2.38. The van der Waals surface area contributed by atoms with Gasteiger partial charge in [0.2, 0.25) is 5.91 Å². The van der Waals surface area contributed by atoms with Crippen molar-refractivity contribution < 1.29 is 14.1 Å². The molecule has 0 bridgehead atoms. The summed E-state index contributed by atoms with van der Waals surface area (Å²) in [6, 6.07) is 11.0. The van der Waals surface area contributed by atoms with Crippen LogP contribution in [0.3, 0.4) is 0 Å². The number of aryl methyl sites for hydroxylation is 1. The van der Waals surface area contributed by atoms with E-state index < -0.39 is 0 Å². The summed E-state index contributed by atoms with van der Waals surface area (Å²) >= 11 is 0. The summed E-state index contributed by atoms with van der Waals surface area (Å²) in [5.74, 6) is 1.07. The maximum atomic E-state index is 12.0. The first kappa shape index (κ1) is 14.8. The van der Waals surface area contributed by atoms with Crippen LogP contribution in [0.5, 0.6) is 5.75 Å².